The standard InChI is InChI=1S/C26H22BrClIN3O2/c1-3-16(2)25-31-23-10-7-19(27)13-21(23)26(33)32(25)30-14-18-6-11-24(22(29)12-18)34-15-17-4-8-20(28)9-5-17/h4-14,16H,3,15H2,1-2H3/t16-/m0/s1. The van der Waals surface area contributed by atoms with Gasteiger partial charge < -0.3 is 4.74 Å². The number of fused-ring (bicyclic) bond motifs is 1. The Morgan fingerprint density at radius 2 is 1.94 bits per heavy atom. The smallest absolute Gasteiger partial charge is 0.282 e. The Hall–Kier alpha value is -2.23. The van der Waals surface area contributed by atoms with E-state index in [1.807, 2.05) is 61.5 Å². The van der Waals surface area contributed by atoms with Crippen LogP contribution in [0.25, 0.3) is 10.9 Å². The molecule has 4 aromatic rings. The van der Waals surface area contributed by atoms with Gasteiger partial charge in [0.25, 0.3) is 5.56 Å². The van der Waals surface area contributed by atoms with Crippen LogP contribution in [0.1, 0.15) is 43.1 Å². The number of nitrogens with zero attached hydrogens (tertiary/aromatic N) is 3. The fraction of sp³-hybridized carbons (Fsp3) is 0.192. The summed E-state index contributed by atoms with van der Waals surface area (Å²) in [6, 6.07) is 18.9. The second kappa shape index (κ2) is 11.0. The molecule has 0 N–H and O–H groups in total. The second-order valence-corrected chi connectivity index (χ2v) is 10.4. The Labute approximate surface area is 225 Å². The predicted octanol–water partition coefficient (Wildman–Crippen LogP) is 7.39. The predicted molar refractivity (Wildman–Crippen MR) is 150 cm³/mol. The van der Waals surface area contributed by atoms with Gasteiger partial charge in [-0.2, -0.15) is 9.78 Å². The van der Waals surface area contributed by atoms with Crippen LogP contribution in [0.5, 0.6) is 5.75 Å². The van der Waals surface area contributed by atoms with Crippen LogP contribution in [0.15, 0.2) is 75.0 Å². The topological polar surface area (TPSA) is 56.5 Å². The first-order valence-electron chi connectivity index (χ1n) is 10.8. The van der Waals surface area contributed by atoms with Crippen LogP contribution in [0.4, 0.5) is 0 Å². The molecule has 0 saturated carbocycles. The van der Waals surface area contributed by atoms with Crippen LogP contribution < -0.4 is 10.3 Å². The van der Waals surface area contributed by atoms with Gasteiger partial charge in [-0.15, -0.1) is 0 Å². The lowest BCUT2D eigenvalue weighted by Gasteiger charge is -2.14. The highest BCUT2D eigenvalue weighted by atomic mass is 127. The van der Waals surface area contributed by atoms with Gasteiger partial charge in [0.05, 0.1) is 20.7 Å². The van der Waals surface area contributed by atoms with E-state index in [0.717, 1.165) is 31.3 Å². The summed E-state index contributed by atoms with van der Waals surface area (Å²) < 4.78 is 9.15. The van der Waals surface area contributed by atoms with Gasteiger partial charge in [0.2, 0.25) is 0 Å². The highest BCUT2D eigenvalue weighted by Gasteiger charge is 2.15. The van der Waals surface area contributed by atoms with Crippen molar-refractivity contribution in [3.05, 3.63) is 101 Å². The van der Waals surface area contributed by atoms with Gasteiger partial charge in [0.15, 0.2) is 0 Å². The third-order valence-corrected chi connectivity index (χ3v) is 7.06. The first kappa shape index (κ1) is 24.9. The molecule has 1 heterocycles. The summed E-state index contributed by atoms with van der Waals surface area (Å²) in [6.45, 7) is 4.57. The van der Waals surface area contributed by atoms with Crippen molar-refractivity contribution in [1.29, 1.82) is 0 Å². The van der Waals surface area contributed by atoms with E-state index in [2.05, 4.69) is 50.5 Å². The summed E-state index contributed by atoms with van der Waals surface area (Å²) >= 11 is 11.6. The maximum atomic E-state index is 13.3. The first-order chi connectivity index (χ1) is 16.4. The molecule has 4 rings (SSSR count). The van der Waals surface area contributed by atoms with E-state index in [0.29, 0.717) is 28.4 Å². The van der Waals surface area contributed by atoms with Crippen LogP contribution in [0.2, 0.25) is 5.02 Å². The summed E-state index contributed by atoms with van der Waals surface area (Å²) in [5.74, 6) is 1.51. The Morgan fingerprint density at radius 1 is 1.18 bits per heavy atom. The number of benzene rings is 3. The molecule has 0 aliphatic carbocycles. The molecule has 0 saturated heterocycles. The summed E-state index contributed by atoms with van der Waals surface area (Å²) in [6.07, 6.45) is 2.53. The van der Waals surface area contributed by atoms with Gasteiger partial charge in [-0.25, -0.2) is 4.98 Å². The molecule has 8 heteroatoms. The van der Waals surface area contributed by atoms with Crippen LogP contribution in [-0.4, -0.2) is 15.9 Å². The molecule has 34 heavy (non-hydrogen) atoms. The molecular formula is C26H22BrClIN3O2. The zero-order valence-electron chi connectivity index (χ0n) is 18.6. The van der Waals surface area contributed by atoms with Gasteiger partial charge in [-0.05, 0) is 88.7 Å². The van der Waals surface area contributed by atoms with Crippen molar-refractivity contribution in [2.45, 2.75) is 32.8 Å². The fourth-order valence-corrected chi connectivity index (χ4v) is 4.54. The van der Waals surface area contributed by atoms with Crippen molar-refractivity contribution in [2.75, 3.05) is 0 Å². The van der Waals surface area contributed by atoms with Crippen molar-refractivity contribution in [1.82, 2.24) is 9.66 Å². The average molecular weight is 651 g/mol. The zero-order chi connectivity index (χ0) is 24.2. The third-order valence-electron chi connectivity index (χ3n) is 5.47. The number of hydrogen-bond donors (Lipinski definition) is 0. The normalized spacial score (nSPS) is 12.4. The molecule has 1 atom stereocenters. The largest absolute Gasteiger partial charge is 0.488 e. The van der Waals surface area contributed by atoms with Crippen LogP contribution in [0, 0.1) is 3.57 Å². The average Bonchev–Trinajstić information content (AvgIpc) is 2.83. The maximum Gasteiger partial charge on any atom is 0.282 e. The van der Waals surface area contributed by atoms with Crippen LogP contribution in [-0.2, 0) is 6.61 Å². The summed E-state index contributed by atoms with van der Waals surface area (Å²) in [5, 5.41) is 5.77. The third kappa shape index (κ3) is 5.70. The second-order valence-electron chi connectivity index (χ2n) is 7.91. The monoisotopic (exact) mass is 649 g/mol. The minimum absolute atomic E-state index is 0.0849. The molecule has 0 radical (unpaired) electrons. The number of hydrogen-bond acceptors (Lipinski definition) is 4. The summed E-state index contributed by atoms with van der Waals surface area (Å²) in [5.41, 5.74) is 2.39. The van der Waals surface area contributed by atoms with E-state index >= 15 is 0 Å². The van der Waals surface area contributed by atoms with Crippen molar-refractivity contribution >= 4 is 67.2 Å². The van der Waals surface area contributed by atoms with E-state index in [-0.39, 0.29) is 11.5 Å². The van der Waals surface area contributed by atoms with Crippen molar-refractivity contribution in [3.8, 4) is 5.75 Å². The molecule has 0 aliphatic heterocycles. The Balaban J connectivity index is 1.62. The molecule has 0 aliphatic rings. The fourth-order valence-electron chi connectivity index (χ4n) is 3.36. The molecule has 3 aromatic carbocycles. The van der Waals surface area contributed by atoms with E-state index in [1.54, 1.807) is 12.3 Å². The van der Waals surface area contributed by atoms with E-state index in [1.165, 1.54) is 4.68 Å². The molecule has 5 nitrogen and oxygen atoms in total. The van der Waals surface area contributed by atoms with E-state index in [4.69, 9.17) is 21.3 Å². The number of rotatable bonds is 7. The SMILES string of the molecule is CC[C@H](C)c1nc2ccc(Br)cc2c(=O)n1N=Cc1ccc(OCc2ccc(Cl)cc2)c(I)c1. The lowest BCUT2D eigenvalue weighted by atomic mass is 10.1. The quantitative estimate of drug-likeness (QED) is 0.155. The number of aromatic nitrogens is 2. The maximum absolute atomic E-state index is 13.3. The minimum atomic E-state index is -0.185. The zero-order valence-corrected chi connectivity index (χ0v) is 23.1. The van der Waals surface area contributed by atoms with Crippen LogP contribution in [0.3, 0.4) is 0 Å². The Kier molecular flexibility index (Phi) is 8.06. The lowest BCUT2D eigenvalue weighted by Crippen LogP contribution is -2.23. The van der Waals surface area contributed by atoms with Gasteiger partial charge in [-0.1, -0.05) is 53.5 Å². The molecule has 0 amide bonds. The summed E-state index contributed by atoms with van der Waals surface area (Å²) in [4.78, 5) is 18.0. The van der Waals surface area contributed by atoms with Crippen LogP contribution >= 0.6 is 50.1 Å². The molecular weight excluding hydrogens is 629 g/mol. The van der Waals surface area contributed by atoms with Crippen molar-refractivity contribution in [2.24, 2.45) is 5.10 Å². The number of ether oxygens (including phenoxy) is 1. The van der Waals surface area contributed by atoms with E-state index < -0.39 is 0 Å². The molecule has 174 valence electrons. The summed E-state index contributed by atoms with van der Waals surface area (Å²) in [7, 11) is 0. The van der Waals surface area contributed by atoms with Gasteiger partial charge in [0, 0.05) is 15.4 Å². The highest BCUT2D eigenvalue weighted by Crippen LogP contribution is 2.24. The molecule has 0 bridgehead atoms. The van der Waals surface area contributed by atoms with Crippen molar-refractivity contribution < 1.29 is 4.74 Å². The Morgan fingerprint density at radius 3 is 2.65 bits per heavy atom. The highest BCUT2D eigenvalue weighted by molar-refractivity contribution is 14.1. The van der Waals surface area contributed by atoms with E-state index in [9.17, 15) is 4.79 Å². The van der Waals surface area contributed by atoms with Crippen molar-refractivity contribution in [3.63, 3.8) is 0 Å². The molecule has 0 unspecified atom stereocenters. The molecule has 0 fully saturated rings. The molecule has 1 aromatic heterocycles. The van der Waals surface area contributed by atoms with Gasteiger partial charge in [-0.3, -0.25) is 4.79 Å². The lowest BCUT2D eigenvalue weighted by molar-refractivity contribution is 0.304. The molecule has 0 spiro atoms. The Bertz CT molecular complexity index is 1420. The van der Waals surface area contributed by atoms with Gasteiger partial charge in [0.1, 0.15) is 18.2 Å². The van der Waals surface area contributed by atoms with Gasteiger partial charge >= 0.3 is 0 Å². The number of halogens is 3. The minimum Gasteiger partial charge on any atom is -0.488 e. The first-order valence-corrected chi connectivity index (χ1v) is 13.0.